The molecule has 3 nitrogen and oxygen atoms in total. The first-order valence-corrected chi connectivity index (χ1v) is 3.45. The van der Waals surface area contributed by atoms with Crippen LogP contribution in [0, 0.1) is 5.21 Å². The van der Waals surface area contributed by atoms with E-state index in [1.807, 2.05) is 0 Å². The van der Waals surface area contributed by atoms with Crippen molar-refractivity contribution in [2.75, 3.05) is 0 Å². The van der Waals surface area contributed by atoms with Gasteiger partial charge in [-0.1, -0.05) is 11.6 Å². The number of rotatable bonds is 0. The van der Waals surface area contributed by atoms with E-state index < -0.39 is 0 Å². The standard InChI is InChI=1S/C7H4ClN2O/c8-6-3-5-1-2-10(11)7(5)9-4-6/h1-4H/q-1. The maximum atomic E-state index is 10.9. The molecule has 56 valence electrons. The molecule has 0 spiro atoms. The van der Waals surface area contributed by atoms with Crippen LogP contribution in [0.15, 0.2) is 24.5 Å². The van der Waals surface area contributed by atoms with Gasteiger partial charge in [0.2, 0.25) is 0 Å². The van der Waals surface area contributed by atoms with Gasteiger partial charge in [0.05, 0.1) is 5.02 Å². The highest BCUT2D eigenvalue weighted by atomic mass is 35.5. The van der Waals surface area contributed by atoms with Crippen molar-refractivity contribution in [3.8, 4) is 0 Å². The molecule has 4 heteroatoms. The van der Waals surface area contributed by atoms with E-state index in [-0.39, 0.29) is 0 Å². The van der Waals surface area contributed by atoms with Gasteiger partial charge < -0.3 is 9.94 Å². The third-order valence-electron chi connectivity index (χ3n) is 1.46. The van der Waals surface area contributed by atoms with Crippen molar-refractivity contribution in [2.24, 2.45) is 0 Å². The minimum Gasteiger partial charge on any atom is -0.805 e. The molecule has 0 radical (unpaired) electrons. The zero-order valence-electron chi connectivity index (χ0n) is 5.49. The van der Waals surface area contributed by atoms with Crippen LogP contribution in [-0.2, 0) is 0 Å². The zero-order valence-corrected chi connectivity index (χ0v) is 6.25. The number of pyridine rings is 1. The Morgan fingerprint density at radius 1 is 1.55 bits per heavy atom. The summed E-state index contributed by atoms with van der Waals surface area (Å²) in [5.41, 5.74) is 0.411. The Balaban J connectivity index is 2.86. The molecule has 0 amide bonds. The fraction of sp³-hybridized carbons (Fsp3) is 0. The molecule has 2 aromatic rings. The van der Waals surface area contributed by atoms with Crippen LogP contribution in [0.25, 0.3) is 11.0 Å². The second-order valence-corrected chi connectivity index (χ2v) is 2.64. The highest BCUT2D eigenvalue weighted by Crippen LogP contribution is 2.16. The molecule has 0 saturated carbocycles. The second kappa shape index (κ2) is 2.13. The van der Waals surface area contributed by atoms with Gasteiger partial charge in [-0.2, -0.15) is 0 Å². The lowest BCUT2D eigenvalue weighted by molar-refractivity contribution is 1.11. The van der Waals surface area contributed by atoms with E-state index in [0.29, 0.717) is 15.4 Å². The van der Waals surface area contributed by atoms with Gasteiger partial charge in [-0.05, 0) is 12.1 Å². The van der Waals surface area contributed by atoms with Gasteiger partial charge in [0.15, 0.2) is 0 Å². The van der Waals surface area contributed by atoms with Gasteiger partial charge in [-0.3, -0.25) is 0 Å². The van der Waals surface area contributed by atoms with E-state index in [1.165, 1.54) is 12.4 Å². The van der Waals surface area contributed by atoms with E-state index in [1.54, 1.807) is 12.1 Å². The predicted molar refractivity (Wildman–Crippen MR) is 43.5 cm³/mol. The zero-order chi connectivity index (χ0) is 7.84. The SMILES string of the molecule is [O-]n1ccc2cc(Cl)cnc21. The van der Waals surface area contributed by atoms with Crippen LogP contribution in [0.5, 0.6) is 0 Å². The summed E-state index contributed by atoms with van der Waals surface area (Å²) in [6.07, 6.45) is 2.87. The molecular weight excluding hydrogens is 164 g/mol. The summed E-state index contributed by atoms with van der Waals surface area (Å²) in [5, 5.41) is 12.2. The molecule has 0 N–H and O–H groups in total. The highest BCUT2D eigenvalue weighted by molar-refractivity contribution is 6.31. The van der Waals surface area contributed by atoms with E-state index in [9.17, 15) is 5.21 Å². The molecule has 0 saturated heterocycles. The summed E-state index contributed by atoms with van der Waals surface area (Å²) in [4.78, 5) is 3.86. The average molecular weight is 168 g/mol. The van der Waals surface area contributed by atoms with E-state index in [0.717, 1.165) is 5.39 Å². The summed E-state index contributed by atoms with van der Waals surface area (Å²) in [7, 11) is 0. The molecule has 0 bridgehead atoms. The Morgan fingerprint density at radius 2 is 2.36 bits per heavy atom. The van der Waals surface area contributed by atoms with Gasteiger partial charge in [0.1, 0.15) is 5.65 Å². The summed E-state index contributed by atoms with van der Waals surface area (Å²) < 4.78 is 0.714. The van der Waals surface area contributed by atoms with Crippen molar-refractivity contribution in [2.45, 2.75) is 0 Å². The normalized spacial score (nSPS) is 10.6. The van der Waals surface area contributed by atoms with Crippen LogP contribution in [0.3, 0.4) is 0 Å². The maximum Gasteiger partial charge on any atom is 0.135 e. The van der Waals surface area contributed by atoms with Crippen LogP contribution in [-0.4, -0.2) is 9.71 Å². The van der Waals surface area contributed by atoms with Crippen molar-refractivity contribution in [1.82, 2.24) is 9.71 Å². The molecule has 11 heavy (non-hydrogen) atoms. The van der Waals surface area contributed by atoms with Crippen molar-refractivity contribution >= 4 is 22.6 Å². The third kappa shape index (κ3) is 0.935. The summed E-state index contributed by atoms with van der Waals surface area (Å²) in [5.74, 6) is 0. The van der Waals surface area contributed by atoms with Crippen LogP contribution in [0.2, 0.25) is 5.02 Å². The van der Waals surface area contributed by atoms with Gasteiger partial charge in [-0.15, -0.1) is 0 Å². The third-order valence-corrected chi connectivity index (χ3v) is 1.67. The van der Waals surface area contributed by atoms with Crippen molar-refractivity contribution in [3.63, 3.8) is 0 Å². The first-order valence-electron chi connectivity index (χ1n) is 3.07. The molecule has 0 aliphatic rings. The topological polar surface area (TPSA) is 40.9 Å². The number of fused-ring (bicyclic) bond motifs is 1. The van der Waals surface area contributed by atoms with Crippen molar-refractivity contribution in [3.05, 3.63) is 34.8 Å². The highest BCUT2D eigenvalue weighted by Gasteiger charge is 1.96. The lowest BCUT2D eigenvalue weighted by atomic mass is 10.3. The quantitative estimate of drug-likeness (QED) is 0.603. The first kappa shape index (κ1) is 6.49. The molecule has 0 atom stereocenters. The van der Waals surface area contributed by atoms with E-state index in [4.69, 9.17) is 11.6 Å². The number of halogens is 1. The minimum atomic E-state index is 0.411. The summed E-state index contributed by atoms with van der Waals surface area (Å²) in [6.45, 7) is 0. The van der Waals surface area contributed by atoms with Gasteiger partial charge >= 0.3 is 0 Å². The number of nitrogens with zero attached hydrogens (tertiary/aromatic N) is 2. The van der Waals surface area contributed by atoms with E-state index >= 15 is 0 Å². The van der Waals surface area contributed by atoms with Crippen LogP contribution >= 0.6 is 11.6 Å². The predicted octanol–water partition coefficient (Wildman–Crippen LogP) is 2.04. The molecular formula is C7H4ClN2O-. The summed E-state index contributed by atoms with van der Waals surface area (Å²) >= 11 is 5.65. The first-order chi connectivity index (χ1) is 5.27. The largest absolute Gasteiger partial charge is 0.805 e. The lowest BCUT2D eigenvalue weighted by Crippen LogP contribution is -1.84. The van der Waals surface area contributed by atoms with Crippen LogP contribution in [0.1, 0.15) is 0 Å². The average Bonchev–Trinajstić information content (AvgIpc) is 2.32. The molecule has 0 aromatic carbocycles. The van der Waals surface area contributed by atoms with Gasteiger partial charge in [0, 0.05) is 17.8 Å². The molecule has 2 rings (SSSR count). The van der Waals surface area contributed by atoms with Gasteiger partial charge in [-0.25, -0.2) is 4.98 Å². The monoisotopic (exact) mass is 167 g/mol. The smallest absolute Gasteiger partial charge is 0.135 e. The molecule has 0 aliphatic heterocycles. The lowest BCUT2D eigenvalue weighted by Gasteiger charge is -2.05. The Kier molecular flexibility index (Phi) is 1.26. The number of hydrogen-bond acceptors (Lipinski definition) is 2. The Morgan fingerprint density at radius 3 is 3.18 bits per heavy atom. The minimum absolute atomic E-state index is 0.411. The molecule has 0 fully saturated rings. The Labute approximate surface area is 67.8 Å². The van der Waals surface area contributed by atoms with E-state index in [2.05, 4.69) is 4.98 Å². The summed E-state index contributed by atoms with van der Waals surface area (Å²) in [6, 6.07) is 3.39. The number of aromatic nitrogens is 2. The fourth-order valence-corrected chi connectivity index (χ4v) is 1.14. The van der Waals surface area contributed by atoms with Crippen LogP contribution in [0.4, 0.5) is 0 Å². The van der Waals surface area contributed by atoms with Crippen molar-refractivity contribution in [1.29, 1.82) is 0 Å². The van der Waals surface area contributed by atoms with Crippen molar-refractivity contribution < 1.29 is 0 Å². The number of hydrogen-bond donors (Lipinski definition) is 0. The molecule has 0 unspecified atom stereocenters. The fourth-order valence-electron chi connectivity index (χ4n) is 0.973. The second-order valence-electron chi connectivity index (χ2n) is 2.21. The van der Waals surface area contributed by atoms with Gasteiger partial charge in [0.25, 0.3) is 0 Å². The molecule has 2 aromatic heterocycles. The maximum absolute atomic E-state index is 10.9. The Bertz CT molecular complexity index is 396. The molecule has 2 heterocycles. The van der Waals surface area contributed by atoms with Crippen LogP contribution < -0.4 is 0 Å². The molecule has 0 aliphatic carbocycles. The Hall–Kier alpha value is -1.22.